The molecule has 0 bridgehead atoms. The highest BCUT2D eigenvalue weighted by Gasteiger charge is 2.31. The number of aliphatic hydroxyl groups excluding tert-OH is 3. The predicted octanol–water partition coefficient (Wildman–Crippen LogP) is 7.36. The summed E-state index contributed by atoms with van der Waals surface area (Å²) in [5, 5.41) is 25.2. The van der Waals surface area contributed by atoms with Gasteiger partial charge in [0.2, 0.25) is 0 Å². The zero-order chi connectivity index (χ0) is 27.3. The maximum absolute atomic E-state index is 9.71. The van der Waals surface area contributed by atoms with Crippen LogP contribution in [0.5, 0.6) is 0 Å². The third-order valence-electron chi connectivity index (χ3n) is 6.35. The summed E-state index contributed by atoms with van der Waals surface area (Å²) in [6.45, 7) is 17.5. The highest BCUT2D eigenvalue weighted by atomic mass is 16.3. The fourth-order valence-electron chi connectivity index (χ4n) is 4.90. The number of β-amino-alcohol motifs (C(OH)–C–C–N with tert-alkyl or cyclic N) is 1. The van der Waals surface area contributed by atoms with E-state index in [1.165, 1.54) is 48.2 Å². The summed E-state index contributed by atoms with van der Waals surface area (Å²) in [5.41, 5.74) is 5.27. The normalized spacial score (nSPS) is 20.6. The van der Waals surface area contributed by atoms with E-state index in [9.17, 15) is 5.11 Å². The summed E-state index contributed by atoms with van der Waals surface area (Å²) in [5.74, 6) is 1.13. The van der Waals surface area contributed by atoms with Crippen molar-refractivity contribution in [3.8, 4) is 0 Å². The van der Waals surface area contributed by atoms with Gasteiger partial charge in [-0.15, -0.1) is 0 Å². The van der Waals surface area contributed by atoms with Gasteiger partial charge in [0.05, 0.1) is 12.4 Å². The van der Waals surface area contributed by atoms with Crippen LogP contribution < -0.4 is 0 Å². The topological polar surface area (TPSA) is 63.9 Å². The van der Waals surface area contributed by atoms with E-state index in [0.717, 1.165) is 26.5 Å². The SMILES string of the molecule is C=C/C=C(\C=C/C)[C@H]1CCC(/C=C(\C)O)=C(C)[C@H]1c1ccccc1.CC.CO.OCCN1CCCC1. The van der Waals surface area contributed by atoms with Gasteiger partial charge in [-0.25, -0.2) is 0 Å². The van der Waals surface area contributed by atoms with Crippen molar-refractivity contribution < 1.29 is 15.3 Å². The number of allylic oxidation sites excluding steroid dienone is 9. The van der Waals surface area contributed by atoms with E-state index in [1.807, 2.05) is 26.0 Å². The monoisotopic (exact) mass is 497 g/mol. The molecule has 1 aliphatic heterocycles. The lowest BCUT2D eigenvalue weighted by molar-refractivity contribution is 0.221. The van der Waals surface area contributed by atoms with Crippen LogP contribution >= 0.6 is 0 Å². The molecule has 0 aromatic heterocycles. The second-order valence-corrected chi connectivity index (χ2v) is 8.70. The van der Waals surface area contributed by atoms with Crippen LogP contribution in [0, 0.1) is 5.92 Å². The molecule has 0 saturated carbocycles. The van der Waals surface area contributed by atoms with Gasteiger partial charge in [-0.1, -0.05) is 80.6 Å². The van der Waals surface area contributed by atoms with Gasteiger partial charge >= 0.3 is 0 Å². The molecule has 3 rings (SSSR count). The van der Waals surface area contributed by atoms with Crippen LogP contribution in [0.2, 0.25) is 0 Å². The number of benzene rings is 1. The summed E-state index contributed by atoms with van der Waals surface area (Å²) < 4.78 is 0. The molecule has 0 amide bonds. The molecule has 1 aromatic carbocycles. The van der Waals surface area contributed by atoms with Crippen molar-refractivity contribution in [3.05, 3.63) is 95.3 Å². The third-order valence-corrected chi connectivity index (χ3v) is 6.35. The van der Waals surface area contributed by atoms with Crippen LogP contribution in [0.15, 0.2) is 89.8 Å². The quantitative estimate of drug-likeness (QED) is 0.272. The molecule has 0 unspecified atom stereocenters. The van der Waals surface area contributed by atoms with Gasteiger partial charge in [0.15, 0.2) is 0 Å². The summed E-state index contributed by atoms with van der Waals surface area (Å²) in [4.78, 5) is 2.29. The summed E-state index contributed by atoms with van der Waals surface area (Å²) >= 11 is 0. The highest BCUT2D eigenvalue weighted by Crippen LogP contribution is 2.45. The van der Waals surface area contributed by atoms with Crippen molar-refractivity contribution in [2.45, 2.75) is 66.2 Å². The van der Waals surface area contributed by atoms with Gasteiger partial charge in [0, 0.05) is 19.6 Å². The third kappa shape index (κ3) is 11.6. The van der Waals surface area contributed by atoms with Crippen LogP contribution in [0.4, 0.5) is 0 Å². The first-order valence-corrected chi connectivity index (χ1v) is 13.4. The van der Waals surface area contributed by atoms with E-state index in [4.69, 9.17) is 10.2 Å². The van der Waals surface area contributed by atoms with Crippen molar-refractivity contribution in [1.82, 2.24) is 4.90 Å². The molecular formula is C32H51NO3. The first-order chi connectivity index (χ1) is 17.5. The first kappa shape index (κ1) is 33.6. The highest BCUT2D eigenvalue weighted by molar-refractivity contribution is 5.43. The maximum Gasteiger partial charge on any atom is 0.0894 e. The molecule has 3 N–H and O–H groups in total. The van der Waals surface area contributed by atoms with Crippen molar-refractivity contribution in [3.63, 3.8) is 0 Å². The molecule has 36 heavy (non-hydrogen) atoms. The molecule has 4 nitrogen and oxygen atoms in total. The Bertz CT molecular complexity index is 826. The Kier molecular flexibility index (Phi) is 19.4. The smallest absolute Gasteiger partial charge is 0.0894 e. The van der Waals surface area contributed by atoms with Gasteiger partial charge < -0.3 is 20.2 Å². The van der Waals surface area contributed by atoms with Gasteiger partial charge in [-0.2, -0.15) is 0 Å². The van der Waals surface area contributed by atoms with E-state index < -0.39 is 0 Å². The fraction of sp³-hybridized carbons (Fsp3) is 0.500. The van der Waals surface area contributed by atoms with Crippen LogP contribution in [0.25, 0.3) is 0 Å². The van der Waals surface area contributed by atoms with E-state index in [1.54, 1.807) is 6.92 Å². The Hall–Kier alpha value is -2.40. The standard InChI is InChI=1S/C23H28O.C6H13NO.C2H6.CH4O/c1-5-10-19(11-6-2)22-15-14-21(16-17(3)24)18(4)23(22)20-12-8-7-9-13-20;8-6-5-7-3-1-2-4-7;2*1-2/h5-13,16,22-24H,1,14-15H2,2-4H3;8H,1-6H2;1-2H3;2H,1H3/b11-6-,17-16+,19-10+;;;/t22-,23+;;;/m1.../s1. The first-order valence-electron chi connectivity index (χ1n) is 13.4. The molecule has 4 heteroatoms. The van der Waals surface area contributed by atoms with E-state index in [-0.39, 0.29) is 0 Å². The lowest BCUT2D eigenvalue weighted by Gasteiger charge is -2.35. The van der Waals surface area contributed by atoms with Gasteiger partial charge in [0.25, 0.3) is 0 Å². The Labute approximate surface area is 221 Å². The molecule has 1 aromatic rings. The second-order valence-electron chi connectivity index (χ2n) is 8.70. The van der Waals surface area contributed by atoms with E-state index in [2.05, 4.69) is 73.9 Å². The number of rotatable bonds is 7. The van der Waals surface area contributed by atoms with E-state index in [0.29, 0.717) is 24.2 Å². The van der Waals surface area contributed by atoms with Crippen LogP contribution in [0.1, 0.15) is 71.8 Å². The molecule has 2 aliphatic rings. The van der Waals surface area contributed by atoms with Crippen molar-refractivity contribution >= 4 is 0 Å². The number of hydrogen-bond donors (Lipinski definition) is 3. The largest absolute Gasteiger partial charge is 0.513 e. The Morgan fingerprint density at radius 1 is 1.11 bits per heavy atom. The molecule has 0 spiro atoms. The zero-order valence-corrected chi connectivity index (χ0v) is 23.6. The molecule has 1 aliphatic carbocycles. The predicted molar refractivity (Wildman–Crippen MR) is 156 cm³/mol. The van der Waals surface area contributed by atoms with Crippen LogP contribution in [-0.2, 0) is 0 Å². The summed E-state index contributed by atoms with van der Waals surface area (Å²) in [6, 6.07) is 10.7. The molecule has 1 fully saturated rings. The summed E-state index contributed by atoms with van der Waals surface area (Å²) in [6.07, 6.45) is 14.9. The maximum atomic E-state index is 9.71. The minimum absolute atomic E-state index is 0.319. The Morgan fingerprint density at radius 2 is 1.72 bits per heavy atom. The van der Waals surface area contributed by atoms with Crippen molar-refractivity contribution in [2.24, 2.45) is 5.92 Å². The molecule has 2 atom stereocenters. The average Bonchev–Trinajstić information content (AvgIpc) is 3.42. The number of nitrogens with zero attached hydrogens (tertiary/aromatic N) is 1. The lowest BCUT2D eigenvalue weighted by Crippen LogP contribution is -2.22. The number of aliphatic hydroxyl groups is 3. The second kappa shape index (κ2) is 20.8. The lowest BCUT2D eigenvalue weighted by atomic mass is 9.69. The Balaban J connectivity index is 0.000000850. The van der Waals surface area contributed by atoms with Crippen molar-refractivity contribution in [2.75, 3.05) is 33.4 Å². The minimum Gasteiger partial charge on any atom is -0.513 e. The van der Waals surface area contributed by atoms with Crippen molar-refractivity contribution in [1.29, 1.82) is 0 Å². The number of likely N-dealkylation sites (tertiary alicyclic amines) is 1. The molecule has 202 valence electrons. The van der Waals surface area contributed by atoms with Gasteiger partial charge in [-0.05, 0) is 88.2 Å². The Morgan fingerprint density at radius 3 is 2.22 bits per heavy atom. The molecule has 1 saturated heterocycles. The molecule has 1 heterocycles. The van der Waals surface area contributed by atoms with Gasteiger partial charge in [-0.3, -0.25) is 0 Å². The van der Waals surface area contributed by atoms with E-state index >= 15 is 0 Å². The van der Waals surface area contributed by atoms with Crippen LogP contribution in [-0.4, -0.2) is 53.6 Å². The summed E-state index contributed by atoms with van der Waals surface area (Å²) in [7, 11) is 1.00. The van der Waals surface area contributed by atoms with Gasteiger partial charge in [0.1, 0.15) is 0 Å². The molecule has 0 radical (unpaired) electrons. The minimum atomic E-state index is 0.319. The number of hydrogen-bond acceptors (Lipinski definition) is 4. The average molecular weight is 498 g/mol. The zero-order valence-electron chi connectivity index (χ0n) is 23.6. The molecular weight excluding hydrogens is 446 g/mol. The van der Waals surface area contributed by atoms with Crippen LogP contribution in [0.3, 0.4) is 0 Å². The fourth-order valence-corrected chi connectivity index (χ4v) is 4.90.